The number of benzene rings is 1. The fourth-order valence-corrected chi connectivity index (χ4v) is 3.88. The number of hydrogen-bond donors (Lipinski definition) is 2. The first kappa shape index (κ1) is 21.1. The van der Waals surface area contributed by atoms with E-state index in [1.807, 2.05) is 43.7 Å². The predicted octanol–water partition coefficient (Wildman–Crippen LogP) is 2.17. The Morgan fingerprint density at radius 1 is 1.17 bits per heavy atom. The highest BCUT2D eigenvalue weighted by atomic mass is 35.5. The van der Waals surface area contributed by atoms with Crippen molar-refractivity contribution in [2.45, 2.75) is 46.8 Å². The normalized spacial score (nSPS) is 13.6. The van der Waals surface area contributed by atoms with Crippen molar-refractivity contribution in [3.8, 4) is 0 Å². The van der Waals surface area contributed by atoms with Gasteiger partial charge < -0.3 is 15.2 Å². The minimum atomic E-state index is -0.226. The molecule has 0 unspecified atom stereocenters. The van der Waals surface area contributed by atoms with E-state index < -0.39 is 0 Å². The molecule has 0 atom stereocenters. The maximum absolute atomic E-state index is 12.8. The Hall–Kier alpha value is -2.58. The molecule has 156 valence electrons. The van der Waals surface area contributed by atoms with Gasteiger partial charge in [0.25, 0.3) is 5.91 Å². The summed E-state index contributed by atoms with van der Waals surface area (Å²) in [6.07, 6.45) is 2.63. The zero-order chi connectivity index (χ0) is 19.8. The number of imidazole rings is 2. The lowest BCUT2D eigenvalue weighted by Crippen LogP contribution is -2.23. The summed E-state index contributed by atoms with van der Waals surface area (Å²) in [4.78, 5) is 29.9. The number of fused-ring (bicyclic) bond motifs is 2. The summed E-state index contributed by atoms with van der Waals surface area (Å²) < 4.78 is 5.54. The van der Waals surface area contributed by atoms with Crippen LogP contribution in [0.4, 0.5) is 5.69 Å². The summed E-state index contributed by atoms with van der Waals surface area (Å²) in [5, 5.41) is 6.31. The molecule has 0 radical (unpaired) electrons. The molecule has 1 aliphatic rings. The summed E-state index contributed by atoms with van der Waals surface area (Å²) in [5.74, 6) is 0.707. The smallest absolute Gasteiger partial charge is 0.329 e. The first-order chi connectivity index (χ1) is 13.5. The molecule has 0 spiro atoms. The Labute approximate surface area is 175 Å². The Kier molecular flexibility index (Phi) is 6.14. The Morgan fingerprint density at radius 3 is 2.55 bits per heavy atom. The van der Waals surface area contributed by atoms with Crippen molar-refractivity contribution >= 4 is 35.0 Å². The third-order valence-corrected chi connectivity index (χ3v) is 5.39. The molecule has 4 rings (SSSR count). The molecule has 0 fully saturated rings. The van der Waals surface area contributed by atoms with Gasteiger partial charge in [0.15, 0.2) is 0 Å². The number of nitrogens with one attached hydrogen (secondary N) is 2. The van der Waals surface area contributed by atoms with Crippen LogP contribution in [-0.2, 0) is 26.1 Å². The average Bonchev–Trinajstić information content (AvgIpc) is 3.11. The van der Waals surface area contributed by atoms with Crippen molar-refractivity contribution < 1.29 is 4.79 Å². The molecular formula is C20H27ClN6O2. The van der Waals surface area contributed by atoms with Crippen molar-refractivity contribution in [2.75, 3.05) is 18.4 Å². The van der Waals surface area contributed by atoms with E-state index in [1.165, 1.54) is 0 Å². The number of aromatic nitrogens is 4. The molecule has 2 aromatic heterocycles. The second kappa shape index (κ2) is 8.42. The van der Waals surface area contributed by atoms with Crippen LogP contribution in [0, 0.1) is 6.92 Å². The van der Waals surface area contributed by atoms with Gasteiger partial charge in [-0.2, -0.15) is 0 Å². The minimum Gasteiger partial charge on any atom is -0.333 e. The number of nitrogens with zero attached hydrogens (tertiary/aromatic N) is 4. The second-order valence-electron chi connectivity index (χ2n) is 7.12. The third-order valence-electron chi connectivity index (χ3n) is 5.39. The number of halogens is 1. The number of rotatable bonds is 4. The molecule has 3 aromatic rings. The number of carbonyl (C=O) groups is 1. The lowest BCUT2D eigenvalue weighted by atomic mass is 10.1. The number of carbonyl (C=O) groups excluding carboxylic acids is 1. The molecular weight excluding hydrogens is 392 g/mol. The molecule has 8 nitrogen and oxygen atoms in total. The standard InChI is InChI=1S/C20H26N6O2.ClH/c1-4-25-16-10-13(3)14(11-17(16)26(5-2)20(25)28)23-19(27)15-12-24-9-8-21-7-6-18(24)22-15;/h10-12,21H,4-9H2,1-3H3,(H,23,27);1H. The Morgan fingerprint density at radius 2 is 1.86 bits per heavy atom. The Balaban J connectivity index is 0.00000240. The Bertz CT molecular complexity index is 1090. The second-order valence-corrected chi connectivity index (χ2v) is 7.12. The maximum atomic E-state index is 12.8. The molecule has 9 heteroatoms. The van der Waals surface area contributed by atoms with Crippen LogP contribution in [0.5, 0.6) is 0 Å². The van der Waals surface area contributed by atoms with Crippen molar-refractivity contribution in [3.05, 3.63) is 45.9 Å². The minimum absolute atomic E-state index is 0. The molecule has 0 aliphatic carbocycles. The fraction of sp³-hybridized carbons (Fsp3) is 0.450. The summed E-state index contributed by atoms with van der Waals surface area (Å²) in [5.41, 5.74) is 3.76. The van der Waals surface area contributed by atoms with Crippen molar-refractivity contribution in [3.63, 3.8) is 0 Å². The van der Waals surface area contributed by atoms with Gasteiger partial charge in [0.1, 0.15) is 11.5 Å². The van der Waals surface area contributed by atoms with Gasteiger partial charge in [-0.15, -0.1) is 12.4 Å². The van der Waals surface area contributed by atoms with Gasteiger partial charge in [-0.3, -0.25) is 13.9 Å². The monoisotopic (exact) mass is 418 g/mol. The van der Waals surface area contributed by atoms with Gasteiger partial charge in [-0.1, -0.05) is 0 Å². The predicted molar refractivity (Wildman–Crippen MR) is 116 cm³/mol. The summed E-state index contributed by atoms with van der Waals surface area (Å²) >= 11 is 0. The lowest BCUT2D eigenvalue weighted by Gasteiger charge is -2.09. The lowest BCUT2D eigenvalue weighted by molar-refractivity contribution is 0.102. The van der Waals surface area contributed by atoms with Crippen LogP contribution in [-0.4, -0.2) is 37.7 Å². The number of hydrogen-bond acceptors (Lipinski definition) is 4. The van der Waals surface area contributed by atoms with E-state index in [0.29, 0.717) is 24.5 Å². The van der Waals surface area contributed by atoms with E-state index in [4.69, 9.17) is 0 Å². The van der Waals surface area contributed by atoms with E-state index in [0.717, 1.165) is 48.5 Å². The zero-order valence-corrected chi connectivity index (χ0v) is 17.8. The van der Waals surface area contributed by atoms with Crippen LogP contribution in [0.2, 0.25) is 0 Å². The van der Waals surface area contributed by atoms with Crippen LogP contribution in [0.25, 0.3) is 11.0 Å². The maximum Gasteiger partial charge on any atom is 0.329 e. The van der Waals surface area contributed by atoms with Gasteiger partial charge in [0.05, 0.1) is 11.0 Å². The molecule has 0 saturated heterocycles. The number of amides is 1. The first-order valence-electron chi connectivity index (χ1n) is 9.85. The molecule has 2 N–H and O–H groups in total. The molecule has 1 aromatic carbocycles. The summed E-state index contributed by atoms with van der Waals surface area (Å²) in [7, 11) is 0. The largest absolute Gasteiger partial charge is 0.333 e. The topological polar surface area (TPSA) is 85.9 Å². The van der Waals surface area contributed by atoms with Gasteiger partial charge in [0.2, 0.25) is 0 Å². The first-order valence-corrected chi connectivity index (χ1v) is 9.85. The van der Waals surface area contributed by atoms with Gasteiger partial charge in [-0.25, -0.2) is 9.78 Å². The summed E-state index contributed by atoms with van der Waals surface area (Å²) in [6, 6.07) is 3.86. The van der Waals surface area contributed by atoms with E-state index in [2.05, 4.69) is 15.6 Å². The van der Waals surface area contributed by atoms with Gasteiger partial charge in [-0.05, 0) is 38.5 Å². The van der Waals surface area contributed by atoms with E-state index in [1.54, 1.807) is 9.13 Å². The molecule has 0 bridgehead atoms. The van der Waals surface area contributed by atoms with Crippen LogP contribution in [0.3, 0.4) is 0 Å². The van der Waals surface area contributed by atoms with Gasteiger partial charge in [0, 0.05) is 51.0 Å². The third kappa shape index (κ3) is 3.70. The van der Waals surface area contributed by atoms with Crippen LogP contribution in [0.1, 0.15) is 35.7 Å². The van der Waals surface area contributed by atoms with Crippen LogP contribution in [0.15, 0.2) is 23.1 Å². The van der Waals surface area contributed by atoms with E-state index in [9.17, 15) is 9.59 Å². The number of aryl methyl sites for hydroxylation is 3. The average molecular weight is 419 g/mol. The SMILES string of the molecule is CCn1c(=O)n(CC)c2cc(NC(=O)c3cn4c(n3)CCNCC4)c(C)cc21.Cl. The number of anilines is 1. The van der Waals surface area contributed by atoms with Crippen molar-refractivity contribution in [1.29, 1.82) is 0 Å². The highest BCUT2D eigenvalue weighted by molar-refractivity contribution is 6.04. The molecule has 3 heterocycles. The fourth-order valence-electron chi connectivity index (χ4n) is 3.88. The van der Waals surface area contributed by atoms with Crippen molar-refractivity contribution in [2.24, 2.45) is 0 Å². The molecule has 1 amide bonds. The van der Waals surface area contributed by atoms with Crippen LogP contribution < -0.4 is 16.3 Å². The molecule has 29 heavy (non-hydrogen) atoms. The van der Waals surface area contributed by atoms with E-state index >= 15 is 0 Å². The quantitative estimate of drug-likeness (QED) is 0.679. The van der Waals surface area contributed by atoms with E-state index in [-0.39, 0.29) is 24.0 Å². The van der Waals surface area contributed by atoms with Gasteiger partial charge >= 0.3 is 5.69 Å². The zero-order valence-electron chi connectivity index (χ0n) is 17.0. The van der Waals surface area contributed by atoms with Crippen LogP contribution >= 0.6 is 12.4 Å². The highest BCUT2D eigenvalue weighted by Gasteiger charge is 2.18. The molecule has 0 saturated carbocycles. The molecule has 1 aliphatic heterocycles. The highest BCUT2D eigenvalue weighted by Crippen LogP contribution is 2.24. The summed E-state index contributed by atoms with van der Waals surface area (Å²) in [6.45, 7) is 9.62. The van der Waals surface area contributed by atoms with Crippen molar-refractivity contribution in [1.82, 2.24) is 24.0 Å².